The molecular weight excluding hydrogens is 358 g/mol. The van der Waals surface area contributed by atoms with E-state index in [1.54, 1.807) is 0 Å². The fraction of sp³-hybridized carbons (Fsp3) is 0.696. The summed E-state index contributed by atoms with van der Waals surface area (Å²) in [7, 11) is 0. The zero-order valence-electron chi connectivity index (χ0n) is 17.3. The van der Waals surface area contributed by atoms with Gasteiger partial charge in [0.15, 0.2) is 6.10 Å². The molecule has 1 atom stereocenters. The van der Waals surface area contributed by atoms with Crippen LogP contribution in [0.4, 0.5) is 0 Å². The molecule has 1 unspecified atom stereocenters. The first-order valence-corrected chi connectivity index (χ1v) is 11.1. The summed E-state index contributed by atoms with van der Waals surface area (Å²) in [5, 5.41) is 4.00. The number of ether oxygens (including phenoxy) is 1. The largest absolute Gasteiger partial charge is 0.481 e. The second-order valence-corrected chi connectivity index (χ2v) is 8.47. The highest BCUT2D eigenvalue weighted by molar-refractivity contribution is 6.32. The third-order valence-corrected chi connectivity index (χ3v) is 6.14. The van der Waals surface area contributed by atoms with E-state index in [1.165, 1.54) is 57.8 Å². The molecule has 0 aliphatic heterocycles. The van der Waals surface area contributed by atoms with Gasteiger partial charge >= 0.3 is 0 Å². The monoisotopic (exact) mass is 393 g/mol. The number of hydrogen-bond acceptors (Lipinski definition) is 2. The Morgan fingerprint density at radius 3 is 1.89 bits per heavy atom. The summed E-state index contributed by atoms with van der Waals surface area (Å²) in [6, 6.07) is 4.07. The Bertz CT molecular complexity index is 567. The van der Waals surface area contributed by atoms with Crippen molar-refractivity contribution < 1.29 is 9.53 Å². The normalized spacial score (nSPS) is 18.8. The Morgan fingerprint density at radius 1 is 0.963 bits per heavy atom. The maximum Gasteiger partial charge on any atom is 0.260 e. The number of nitrogens with one attached hydrogen (secondary N) is 1. The molecule has 0 spiro atoms. The van der Waals surface area contributed by atoms with Crippen LogP contribution < -0.4 is 10.1 Å². The number of hydrogen-bond donors (Lipinski definition) is 1. The van der Waals surface area contributed by atoms with E-state index in [9.17, 15) is 4.79 Å². The van der Waals surface area contributed by atoms with Gasteiger partial charge in [-0.1, -0.05) is 69.4 Å². The molecule has 1 saturated carbocycles. The minimum atomic E-state index is -0.508. The van der Waals surface area contributed by atoms with E-state index in [0.29, 0.717) is 5.75 Å². The van der Waals surface area contributed by atoms with Crippen LogP contribution in [0.5, 0.6) is 5.75 Å². The standard InChI is InChI=1S/C23H36ClNO2/c1-17-15-21(16-18(2)22(17)24)27-19(3)23(26)25-20-13-11-9-7-5-4-6-8-10-12-14-20/h15-16,19-20H,4-14H2,1-3H3,(H,25,26). The van der Waals surface area contributed by atoms with Crippen molar-refractivity contribution >= 4 is 17.5 Å². The summed E-state index contributed by atoms with van der Waals surface area (Å²) < 4.78 is 5.90. The van der Waals surface area contributed by atoms with Gasteiger partial charge in [0.2, 0.25) is 0 Å². The molecule has 1 aromatic rings. The van der Waals surface area contributed by atoms with Crippen LogP contribution in [0, 0.1) is 13.8 Å². The lowest BCUT2D eigenvalue weighted by atomic mass is 9.98. The van der Waals surface area contributed by atoms with Crippen molar-refractivity contribution in [3.63, 3.8) is 0 Å². The van der Waals surface area contributed by atoms with Gasteiger partial charge in [-0.3, -0.25) is 4.79 Å². The number of rotatable bonds is 4. The van der Waals surface area contributed by atoms with E-state index in [-0.39, 0.29) is 11.9 Å². The van der Waals surface area contributed by atoms with Crippen LogP contribution in [0.3, 0.4) is 0 Å². The van der Waals surface area contributed by atoms with Crippen LogP contribution >= 0.6 is 11.6 Å². The summed E-state index contributed by atoms with van der Waals surface area (Å²) >= 11 is 6.22. The van der Waals surface area contributed by atoms with E-state index < -0.39 is 6.10 Å². The van der Waals surface area contributed by atoms with Crippen LogP contribution in [-0.2, 0) is 4.79 Å². The summed E-state index contributed by atoms with van der Waals surface area (Å²) in [5.41, 5.74) is 1.94. The summed E-state index contributed by atoms with van der Waals surface area (Å²) in [6.45, 7) is 5.74. The van der Waals surface area contributed by atoms with Gasteiger partial charge in [-0.25, -0.2) is 0 Å². The SMILES string of the molecule is Cc1cc(OC(C)C(=O)NC2CCCCCCCCCCC2)cc(C)c1Cl. The molecule has 152 valence electrons. The topological polar surface area (TPSA) is 38.3 Å². The van der Waals surface area contributed by atoms with Crippen molar-refractivity contribution in [2.75, 3.05) is 0 Å². The molecule has 1 aliphatic rings. The molecule has 1 aliphatic carbocycles. The van der Waals surface area contributed by atoms with Crippen molar-refractivity contribution in [2.45, 2.75) is 104 Å². The lowest BCUT2D eigenvalue weighted by Crippen LogP contribution is -2.42. The summed E-state index contributed by atoms with van der Waals surface area (Å²) in [4.78, 5) is 12.7. The first kappa shape index (κ1) is 22.1. The number of benzene rings is 1. The molecule has 1 N–H and O–H groups in total. The van der Waals surface area contributed by atoms with Crippen molar-refractivity contribution in [3.05, 3.63) is 28.3 Å². The highest BCUT2D eigenvalue weighted by Gasteiger charge is 2.19. The molecule has 3 nitrogen and oxygen atoms in total. The molecule has 4 heteroatoms. The van der Waals surface area contributed by atoms with Crippen molar-refractivity contribution in [2.24, 2.45) is 0 Å². The molecule has 0 aromatic heterocycles. The number of carbonyl (C=O) groups excluding carboxylic acids is 1. The third-order valence-electron chi connectivity index (χ3n) is 5.54. The van der Waals surface area contributed by atoms with Crippen LogP contribution in [0.2, 0.25) is 5.02 Å². The molecule has 0 radical (unpaired) electrons. The average molecular weight is 394 g/mol. The smallest absolute Gasteiger partial charge is 0.260 e. The van der Waals surface area contributed by atoms with Crippen molar-refractivity contribution in [3.8, 4) is 5.75 Å². The maximum atomic E-state index is 12.7. The van der Waals surface area contributed by atoms with Crippen molar-refractivity contribution in [1.29, 1.82) is 0 Å². The molecule has 1 fully saturated rings. The van der Waals surface area contributed by atoms with E-state index in [2.05, 4.69) is 5.32 Å². The van der Waals surface area contributed by atoms with E-state index in [1.807, 2.05) is 32.9 Å². The number of amides is 1. The van der Waals surface area contributed by atoms with Crippen LogP contribution in [0.1, 0.15) is 88.7 Å². The Labute approximate surface area is 170 Å². The Balaban J connectivity index is 1.88. The number of carbonyl (C=O) groups is 1. The Morgan fingerprint density at radius 2 is 1.41 bits per heavy atom. The first-order chi connectivity index (χ1) is 13.0. The van der Waals surface area contributed by atoms with Gasteiger partial charge in [0.05, 0.1) is 0 Å². The fourth-order valence-corrected chi connectivity index (χ4v) is 3.97. The molecule has 2 rings (SSSR count). The van der Waals surface area contributed by atoms with Gasteiger partial charge in [-0.15, -0.1) is 0 Å². The van der Waals surface area contributed by atoms with Gasteiger partial charge < -0.3 is 10.1 Å². The van der Waals surface area contributed by atoms with Gasteiger partial charge in [0.25, 0.3) is 5.91 Å². The molecule has 27 heavy (non-hydrogen) atoms. The molecule has 0 heterocycles. The molecule has 0 bridgehead atoms. The average Bonchev–Trinajstić information content (AvgIpc) is 2.61. The molecule has 1 aromatic carbocycles. The number of halogens is 1. The second kappa shape index (κ2) is 11.6. The first-order valence-electron chi connectivity index (χ1n) is 10.7. The summed E-state index contributed by atoms with van der Waals surface area (Å²) in [5.74, 6) is 0.688. The van der Waals surface area contributed by atoms with Gasteiger partial charge in [0, 0.05) is 11.1 Å². The highest BCUT2D eigenvalue weighted by Crippen LogP contribution is 2.26. The molecule has 1 amide bonds. The zero-order valence-corrected chi connectivity index (χ0v) is 18.0. The fourth-order valence-electron chi connectivity index (χ4n) is 3.86. The highest BCUT2D eigenvalue weighted by atomic mass is 35.5. The van der Waals surface area contributed by atoms with E-state index in [4.69, 9.17) is 16.3 Å². The van der Waals surface area contributed by atoms with Gasteiger partial charge in [0.1, 0.15) is 5.75 Å². The Hall–Kier alpha value is -1.22. The lowest BCUT2D eigenvalue weighted by molar-refractivity contribution is -0.128. The van der Waals surface area contributed by atoms with Crippen LogP contribution in [0.25, 0.3) is 0 Å². The molecule has 0 saturated heterocycles. The Kier molecular flexibility index (Phi) is 9.47. The minimum Gasteiger partial charge on any atom is -0.481 e. The predicted molar refractivity (Wildman–Crippen MR) is 114 cm³/mol. The van der Waals surface area contributed by atoms with E-state index in [0.717, 1.165) is 29.0 Å². The molecular formula is C23H36ClNO2. The minimum absolute atomic E-state index is 0.0163. The van der Waals surface area contributed by atoms with Crippen LogP contribution in [0.15, 0.2) is 12.1 Å². The van der Waals surface area contributed by atoms with Gasteiger partial charge in [-0.05, 0) is 56.9 Å². The second-order valence-electron chi connectivity index (χ2n) is 8.10. The summed E-state index contributed by atoms with van der Waals surface area (Å²) in [6.07, 6.45) is 13.4. The quantitative estimate of drug-likeness (QED) is 0.632. The lowest BCUT2D eigenvalue weighted by Gasteiger charge is -2.22. The van der Waals surface area contributed by atoms with E-state index >= 15 is 0 Å². The van der Waals surface area contributed by atoms with Crippen molar-refractivity contribution in [1.82, 2.24) is 5.32 Å². The predicted octanol–water partition coefficient (Wildman–Crippen LogP) is 6.51. The third kappa shape index (κ3) is 7.73. The number of aryl methyl sites for hydroxylation is 2. The zero-order chi connectivity index (χ0) is 19.6. The van der Waals surface area contributed by atoms with Gasteiger partial charge in [-0.2, -0.15) is 0 Å². The van der Waals surface area contributed by atoms with Crippen LogP contribution in [-0.4, -0.2) is 18.1 Å². The maximum absolute atomic E-state index is 12.7.